The van der Waals surface area contributed by atoms with Crippen molar-refractivity contribution in [1.29, 1.82) is 0 Å². The Kier molecular flexibility index (Phi) is 5.57. The Morgan fingerprint density at radius 3 is 2.83 bits per heavy atom. The molecule has 5 heteroatoms. The number of ether oxygens (including phenoxy) is 1. The van der Waals surface area contributed by atoms with Crippen LogP contribution in [0.25, 0.3) is 0 Å². The second-order valence-corrected chi connectivity index (χ2v) is 6.62. The monoisotopic (exact) mass is 333 g/mol. The number of benzene rings is 1. The van der Waals surface area contributed by atoms with Crippen LogP contribution >= 0.6 is 11.6 Å². The fraction of sp³-hybridized carbons (Fsp3) is 0.500. The van der Waals surface area contributed by atoms with E-state index in [2.05, 4.69) is 5.32 Å². The molecule has 0 spiro atoms. The zero-order chi connectivity index (χ0) is 16.1. The van der Waals surface area contributed by atoms with Crippen molar-refractivity contribution >= 4 is 11.6 Å². The van der Waals surface area contributed by atoms with E-state index in [1.54, 1.807) is 0 Å². The van der Waals surface area contributed by atoms with Gasteiger partial charge < -0.3 is 10.1 Å². The summed E-state index contributed by atoms with van der Waals surface area (Å²) in [5.74, 6) is 1.56. The maximum absolute atomic E-state index is 6.21. The van der Waals surface area contributed by atoms with Crippen LogP contribution in [0.3, 0.4) is 0 Å². The van der Waals surface area contributed by atoms with Gasteiger partial charge in [-0.25, -0.2) is 4.68 Å². The van der Waals surface area contributed by atoms with E-state index >= 15 is 0 Å². The molecule has 1 aromatic heterocycles. The average Bonchev–Trinajstić information content (AvgIpc) is 3.18. The number of nitrogens with zero attached hydrogens (tertiary/aromatic N) is 2. The molecule has 0 amide bonds. The van der Waals surface area contributed by atoms with Gasteiger partial charge in [0.05, 0.1) is 5.69 Å². The van der Waals surface area contributed by atoms with E-state index < -0.39 is 0 Å². The summed E-state index contributed by atoms with van der Waals surface area (Å²) in [5, 5.41) is 8.58. The van der Waals surface area contributed by atoms with Crippen molar-refractivity contribution in [2.45, 2.75) is 45.4 Å². The molecule has 0 unspecified atom stereocenters. The molecule has 0 radical (unpaired) electrons. The van der Waals surface area contributed by atoms with E-state index in [9.17, 15) is 0 Å². The highest BCUT2D eigenvalue weighted by Crippen LogP contribution is 2.28. The van der Waals surface area contributed by atoms with Crippen LogP contribution in [0.15, 0.2) is 30.3 Å². The molecule has 0 aliphatic heterocycles. The van der Waals surface area contributed by atoms with E-state index in [1.165, 1.54) is 25.7 Å². The Labute approximate surface area is 142 Å². The van der Waals surface area contributed by atoms with Gasteiger partial charge >= 0.3 is 0 Å². The minimum atomic E-state index is 0.467. The molecule has 2 aromatic rings. The fourth-order valence-corrected chi connectivity index (χ4v) is 3.36. The fourth-order valence-electron chi connectivity index (χ4n) is 3.17. The summed E-state index contributed by atoms with van der Waals surface area (Å²) in [6.07, 6.45) is 5.27. The van der Waals surface area contributed by atoms with Crippen molar-refractivity contribution in [2.75, 3.05) is 7.05 Å². The molecular formula is C18H24ClN3O. The molecule has 1 fully saturated rings. The topological polar surface area (TPSA) is 39.1 Å². The van der Waals surface area contributed by atoms with Crippen LogP contribution in [0.2, 0.25) is 5.02 Å². The van der Waals surface area contributed by atoms with Gasteiger partial charge in [-0.2, -0.15) is 5.10 Å². The lowest BCUT2D eigenvalue weighted by molar-refractivity contribution is 0.261. The average molecular weight is 334 g/mol. The van der Waals surface area contributed by atoms with Crippen LogP contribution in [0.5, 0.6) is 5.88 Å². The Morgan fingerprint density at radius 1 is 1.30 bits per heavy atom. The maximum atomic E-state index is 6.21. The van der Waals surface area contributed by atoms with Crippen LogP contribution in [-0.4, -0.2) is 16.8 Å². The highest BCUT2D eigenvalue weighted by atomic mass is 35.5. The second-order valence-electron chi connectivity index (χ2n) is 6.22. The first-order valence-electron chi connectivity index (χ1n) is 8.34. The zero-order valence-corrected chi connectivity index (χ0v) is 14.4. The number of aromatic nitrogens is 2. The third kappa shape index (κ3) is 4.27. The standard InChI is InChI=1S/C18H24ClN3O/c1-20-11-16-10-18(22(21-16)12-14-6-2-3-7-14)23-13-15-8-4-5-9-17(15)19/h4-5,8-10,14,20H,2-3,6-7,11-13H2,1H3. The predicted molar refractivity (Wildman–Crippen MR) is 92.7 cm³/mol. The lowest BCUT2D eigenvalue weighted by atomic mass is 10.1. The Bertz CT molecular complexity index is 635. The van der Waals surface area contributed by atoms with E-state index in [4.69, 9.17) is 21.4 Å². The molecule has 0 saturated heterocycles. The van der Waals surface area contributed by atoms with Gasteiger partial charge in [0.1, 0.15) is 6.61 Å². The predicted octanol–water partition coefficient (Wildman–Crippen LogP) is 4.03. The van der Waals surface area contributed by atoms with E-state index in [0.717, 1.165) is 41.2 Å². The molecular weight excluding hydrogens is 310 g/mol. The molecule has 1 saturated carbocycles. The summed E-state index contributed by atoms with van der Waals surface area (Å²) >= 11 is 6.21. The third-order valence-electron chi connectivity index (χ3n) is 4.39. The minimum Gasteiger partial charge on any atom is -0.473 e. The van der Waals surface area contributed by atoms with Gasteiger partial charge in [-0.05, 0) is 31.9 Å². The van der Waals surface area contributed by atoms with Crippen LogP contribution in [0.1, 0.15) is 36.9 Å². The van der Waals surface area contributed by atoms with Crippen LogP contribution in [0, 0.1) is 5.92 Å². The van der Waals surface area contributed by atoms with Crippen molar-refractivity contribution < 1.29 is 4.74 Å². The molecule has 0 bridgehead atoms. The smallest absolute Gasteiger partial charge is 0.212 e. The Hall–Kier alpha value is -1.52. The molecule has 0 atom stereocenters. The maximum Gasteiger partial charge on any atom is 0.212 e. The van der Waals surface area contributed by atoms with E-state index in [0.29, 0.717) is 6.61 Å². The normalized spacial score (nSPS) is 15.2. The first-order valence-corrected chi connectivity index (χ1v) is 8.71. The summed E-state index contributed by atoms with van der Waals surface area (Å²) in [4.78, 5) is 0. The highest BCUT2D eigenvalue weighted by Gasteiger charge is 2.19. The third-order valence-corrected chi connectivity index (χ3v) is 4.76. The van der Waals surface area contributed by atoms with Gasteiger partial charge in [0, 0.05) is 29.7 Å². The number of hydrogen-bond acceptors (Lipinski definition) is 3. The van der Waals surface area contributed by atoms with Crippen LogP contribution in [-0.2, 0) is 19.7 Å². The van der Waals surface area contributed by atoms with Crippen molar-refractivity contribution in [3.05, 3.63) is 46.6 Å². The summed E-state index contributed by atoms with van der Waals surface area (Å²) in [6.45, 7) is 2.16. The number of rotatable bonds is 7. The molecule has 1 N–H and O–H groups in total. The second kappa shape index (κ2) is 7.84. The summed E-state index contributed by atoms with van der Waals surface area (Å²) in [5.41, 5.74) is 2.01. The minimum absolute atomic E-state index is 0.467. The van der Waals surface area contributed by atoms with Crippen LogP contribution < -0.4 is 10.1 Å². The molecule has 4 nitrogen and oxygen atoms in total. The van der Waals surface area contributed by atoms with Crippen molar-refractivity contribution in [1.82, 2.24) is 15.1 Å². The Balaban J connectivity index is 1.72. The highest BCUT2D eigenvalue weighted by molar-refractivity contribution is 6.31. The van der Waals surface area contributed by atoms with Gasteiger partial charge in [-0.15, -0.1) is 0 Å². The lowest BCUT2D eigenvalue weighted by Gasteiger charge is -2.13. The van der Waals surface area contributed by atoms with E-state index in [-0.39, 0.29) is 0 Å². The van der Waals surface area contributed by atoms with Gasteiger partial charge in [0.15, 0.2) is 0 Å². The first-order chi connectivity index (χ1) is 11.3. The van der Waals surface area contributed by atoms with Gasteiger partial charge in [0.2, 0.25) is 5.88 Å². The summed E-state index contributed by atoms with van der Waals surface area (Å²) < 4.78 is 8.06. The quantitative estimate of drug-likeness (QED) is 0.831. The van der Waals surface area contributed by atoms with Crippen molar-refractivity contribution in [3.8, 4) is 5.88 Å². The first kappa shape index (κ1) is 16.3. The van der Waals surface area contributed by atoms with Gasteiger partial charge in [-0.1, -0.05) is 42.6 Å². The van der Waals surface area contributed by atoms with Crippen molar-refractivity contribution in [3.63, 3.8) is 0 Å². The summed E-state index contributed by atoms with van der Waals surface area (Å²) in [6, 6.07) is 9.83. The molecule has 23 heavy (non-hydrogen) atoms. The number of halogens is 1. The largest absolute Gasteiger partial charge is 0.473 e. The molecule has 1 aliphatic rings. The molecule has 1 heterocycles. The lowest BCUT2D eigenvalue weighted by Crippen LogP contribution is -2.12. The molecule has 1 aliphatic carbocycles. The Morgan fingerprint density at radius 2 is 2.09 bits per heavy atom. The van der Waals surface area contributed by atoms with Gasteiger partial charge in [-0.3, -0.25) is 0 Å². The van der Waals surface area contributed by atoms with Crippen molar-refractivity contribution in [2.24, 2.45) is 5.92 Å². The van der Waals surface area contributed by atoms with Gasteiger partial charge in [0.25, 0.3) is 0 Å². The number of hydrogen-bond donors (Lipinski definition) is 1. The zero-order valence-electron chi connectivity index (χ0n) is 13.6. The molecule has 1 aromatic carbocycles. The molecule has 3 rings (SSSR count). The van der Waals surface area contributed by atoms with Crippen LogP contribution in [0.4, 0.5) is 0 Å². The summed E-state index contributed by atoms with van der Waals surface area (Å²) in [7, 11) is 1.93. The van der Waals surface area contributed by atoms with E-state index in [1.807, 2.05) is 42.1 Å². The SMILES string of the molecule is CNCc1cc(OCc2ccccc2Cl)n(CC2CCCC2)n1. The number of nitrogens with one attached hydrogen (secondary N) is 1. The molecule has 124 valence electrons.